The van der Waals surface area contributed by atoms with Gasteiger partial charge < -0.3 is 30.1 Å². The van der Waals surface area contributed by atoms with E-state index in [1.807, 2.05) is 0 Å². The van der Waals surface area contributed by atoms with Crippen LogP contribution in [0.25, 0.3) is 11.2 Å². The van der Waals surface area contributed by atoms with E-state index >= 15 is 0 Å². The van der Waals surface area contributed by atoms with Gasteiger partial charge in [0.05, 0.1) is 31.2 Å². The molecule has 0 aromatic carbocycles. The summed E-state index contributed by atoms with van der Waals surface area (Å²) in [5.41, 5.74) is 6.86. The SMILES string of the molecule is CCCCCCCCCCCCC[C@H](O)C[C@H](O)[C@H](C)NP(=O)(O)CO[C@H](C)Cn1cnc2c(N)ncnc21. The van der Waals surface area contributed by atoms with Crippen LogP contribution >= 0.6 is 7.52 Å². The van der Waals surface area contributed by atoms with Crippen LogP contribution in [0.1, 0.15) is 104 Å². The molecule has 0 aliphatic rings. The van der Waals surface area contributed by atoms with Gasteiger partial charge in [0.1, 0.15) is 18.2 Å². The highest BCUT2D eigenvalue weighted by Gasteiger charge is 2.27. The summed E-state index contributed by atoms with van der Waals surface area (Å²) in [7, 11) is -3.88. The van der Waals surface area contributed by atoms with Crippen LogP contribution in [0.2, 0.25) is 0 Å². The molecule has 2 aromatic rings. The lowest BCUT2D eigenvalue weighted by molar-refractivity contribution is 0.0569. The maximum atomic E-state index is 12.7. The smallest absolute Gasteiger partial charge is 0.292 e. The summed E-state index contributed by atoms with van der Waals surface area (Å²) in [5, 5.41) is 23.4. The van der Waals surface area contributed by atoms with E-state index < -0.39 is 38.2 Å². The highest BCUT2D eigenvalue weighted by Crippen LogP contribution is 2.37. The van der Waals surface area contributed by atoms with Gasteiger partial charge >= 0.3 is 0 Å². The van der Waals surface area contributed by atoms with E-state index in [1.165, 1.54) is 64.1 Å². The number of nitrogens with zero attached hydrogens (tertiary/aromatic N) is 4. The Bertz CT molecular complexity index is 993. The van der Waals surface area contributed by atoms with Crippen molar-refractivity contribution in [3.8, 4) is 0 Å². The third kappa shape index (κ3) is 13.1. The molecule has 1 unspecified atom stereocenters. The number of imidazole rings is 1. The van der Waals surface area contributed by atoms with E-state index in [4.69, 9.17) is 10.5 Å². The Morgan fingerprint density at radius 3 is 2.26 bits per heavy atom. The fourth-order valence-corrected chi connectivity index (χ4v) is 6.02. The Kier molecular flexibility index (Phi) is 15.5. The van der Waals surface area contributed by atoms with Crippen molar-refractivity contribution >= 4 is 24.5 Å². The van der Waals surface area contributed by atoms with E-state index in [2.05, 4.69) is 27.0 Å². The van der Waals surface area contributed by atoms with Gasteiger partial charge in [-0.3, -0.25) is 4.57 Å². The lowest BCUT2D eigenvalue weighted by atomic mass is 10.0. The molecule has 0 saturated carbocycles. The zero-order valence-electron chi connectivity index (χ0n) is 24.0. The van der Waals surface area contributed by atoms with Crippen LogP contribution in [-0.2, 0) is 15.8 Å². The predicted octanol–water partition coefficient (Wildman–Crippen LogP) is 4.75. The van der Waals surface area contributed by atoms with Gasteiger partial charge in [-0.2, -0.15) is 0 Å². The van der Waals surface area contributed by atoms with Crippen LogP contribution in [0.15, 0.2) is 12.7 Å². The van der Waals surface area contributed by atoms with E-state index in [-0.39, 0.29) is 12.2 Å². The van der Waals surface area contributed by atoms with Gasteiger partial charge in [-0.1, -0.05) is 77.6 Å². The number of unbranched alkanes of at least 4 members (excludes halogenated alkanes) is 10. The Morgan fingerprint density at radius 1 is 1.00 bits per heavy atom. The molecule has 2 aromatic heterocycles. The van der Waals surface area contributed by atoms with E-state index in [0.29, 0.717) is 24.1 Å². The van der Waals surface area contributed by atoms with Gasteiger partial charge in [-0.15, -0.1) is 0 Å². The normalized spacial score (nSPS) is 16.7. The summed E-state index contributed by atoms with van der Waals surface area (Å²) in [4.78, 5) is 22.7. The maximum Gasteiger partial charge on any atom is 0.292 e. The first-order valence-electron chi connectivity index (χ1n) is 14.6. The predicted molar refractivity (Wildman–Crippen MR) is 155 cm³/mol. The van der Waals surface area contributed by atoms with E-state index in [1.54, 1.807) is 24.7 Å². The van der Waals surface area contributed by atoms with Crippen LogP contribution in [0.4, 0.5) is 5.82 Å². The third-order valence-electron chi connectivity index (χ3n) is 7.05. The van der Waals surface area contributed by atoms with E-state index in [0.717, 1.165) is 12.8 Å². The number of rotatable bonds is 22. The minimum absolute atomic E-state index is 0.155. The van der Waals surface area contributed by atoms with Crippen molar-refractivity contribution < 1.29 is 24.4 Å². The topological polar surface area (TPSA) is 169 Å². The van der Waals surface area contributed by atoms with Crippen molar-refractivity contribution in [2.45, 2.75) is 135 Å². The minimum Gasteiger partial charge on any atom is -0.393 e. The van der Waals surface area contributed by atoms with Crippen LogP contribution < -0.4 is 10.8 Å². The number of anilines is 1. The number of nitrogen functional groups attached to an aromatic ring is 1. The number of ether oxygens (including phenoxy) is 1. The van der Waals surface area contributed by atoms with Crippen LogP contribution in [0.3, 0.4) is 0 Å². The number of nitrogens with one attached hydrogen (secondary N) is 1. The van der Waals surface area contributed by atoms with Gasteiger partial charge in [0.15, 0.2) is 11.5 Å². The van der Waals surface area contributed by atoms with Crippen LogP contribution in [0.5, 0.6) is 0 Å². The molecule has 0 aliphatic heterocycles. The van der Waals surface area contributed by atoms with Crippen molar-refractivity contribution in [2.75, 3.05) is 12.1 Å². The van der Waals surface area contributed by atoms with Gasteiger partial charge in [0, 0.05) is 12.5 Å². The van der Waals surface area contributed by atoms with Crippen LogP contribution in [0, 0.1) is 0 Å². The quantitative estimate of drug-likeness (QED) is 0.0984. The number of hydrogen-bond donors (Lipinski definition) is 5. The fourth-order valence-electron chi connectivity index (χ4n) is 4.68. The first-order chi connectivity index (χ1) is 18.6. The minimum atomic E-state index is -3.88. The fraction of sp³-hybridized carbons (Fsp3) is 0.815. The van der Waals surface area contributed by atoms with Gasteiger partial charge in [0.25, 0.3) is 7.52 Å². The Labute approximate surface area is 233 Å². The second kappa shape index (κ2) is 17.9. The molecule has 5 atom stereocenters. The molecule has 2 rings (SSSR count). The molecule has 2 heterocycles. The number of aliphatic hydroxyl groups excluding tert-OH is 2. The molecular formula is C27H51N6O5P. The lowest BCUT2D eigenvalue weighted by Gasteiger charge is -2.26. The summed E-state index contributed by atoms with van der Waals surface area (Å²) < 4.78 is 20.0. The van der Waals surface area contributed by atoms with Gasteiger partial charge in [-0.05, 0) is 20.3 Å². The summed E-state index contributed by atoms with van der Waals surface area (Å²) in [5.74, 6) is 0.285. The second-order valence-corrected chi connectivity index (χ2v) is 12.8. The molecule has 11 nitrogen and oxygen atoms in total. The second-order valence-electron chi connectivity index (χ2n) is 10.8. The number of hydrogen-bond acceptors (Lipinski definition) is 8. The molecule has 0 fully saturated rings. The first-order valence-corrected chi connectivity index (χ1v) is 16.5. The van der Waals surface area contributed by atoms with Crippen LogP contribution in [-0.4, -0.2) is 65.3 Å². The zero-order chi connectivity index (χ0) is 28.7. The molecule has 0 bridgehead atoms. The zero-order valence-corrected chi connectivity index (χ0v) is 24.9. The average molecular weight is 571 g/mol. The highest BCUT2D eigenvalue weighted by atomic mass is 31.2. The monoisotopic (exact) mass is 570 g/mol. The molecular weight excluding hydrogens is 519 g/mol. The lowest BCUT2D eigenvalue weighted by Crippen LogP contribution is -2.38. The maximum absolute atomic E-state index is 12.7. The first kappa shape index (κ1) is 33.6. The molecule has 0 aliphatic carbocycles. The Hall–Kier alpha value is -1.62. The number of aliphatic hydroxyl groups is 2. The average Bonchev–Trinajstić information content (AvgIpc) is 3.29. The van der Waals surface area contributed by atoms with Crippen molar-refractivity contribution in [2.24, 2.45) is 0 Å². The Morgan fingerprint density at radius 2 is 1.62 bits per heavy atom. The van der Waals surface area contributed by atoms with Crippen molar-refractivity contribution in [1.29, 1.82) is 0 Å². The number of nitrogens with two attached hydrogens (primary N) is 1. The molecule has 6 N–H and O–H groups in total. The Balaban J connectivity index is 1.59. The van der Waals surface area contributed by atoms with Gasteiger partial charge in [-0.25, -0.2) is 20.0 Å². The molecule has 39 heavy (non-hydrogen) atoms. The molecule has 0 radical (unpaired) electrons. The number of fused-ring (bicyclic) bond motifs is 1. The number of aromatic nitrogens is 4. The third-order valence-corrected chi connectivity index (χ3v) is 8.36. The summed E-state index contributed by atoms with van der Waals surface area (Å²) >= 11 is 0. The van der Waals surface area contributed by atoms with Crippen molar-refractivity contribution in [3.05, 3.63) is 12.7 Å². The summed E-state index contributed by atoms with van der Waals surface area (Å²) in [6.45, 7) is 6.01. The van der Waals surface area contributed by atoms with E-state index in [9.17, 15) is 19.7 Å². The largest absolute Gasteiger partial charge is 0.393 e. The standard InChI is InChI=1S/C27H51N6O5P/c1-4-5-6-7-8-9-10-11-12-13-14-15-23(34)16-24(35)22(3)32-39(36,37)20-38-21(2)17-33-19-31-25-26(28)29-18-30-27(25)33/h18-19,21-24,34-35H,4-17,20H2,1-3H3,(H2,28,29,30)(H2,32,36,37)/t21-,22+,23+,24+/m1/s1. The molecule has 0 spiro atoms. The van der Waals surface area contributed by atoms with Crippen molar-refractivity contribution in [3.63, 3.8) is 0 Å². The molecule has 12 heteroatoms. The summed E-state index contributed by atoms with van der Waals surface area (Å²) in [6, 6.07) is -0.677. The molecule has 224 valence electrons. The van der Waals surface area contributed by atoms with Gasteiger partial charge in [0.2, 0.25) is 0 Å². The highest BCUT2D eigenvalue weighted by molar-refractivity contribution is 7.55. The molecule has 0 saturated heterocycles. The molecule has 0 amide bonds. The summed E-state index contributed by atoms with van der Waals surface area (Å²) in [6.07, 6.45) is 15.0. The van der Waals surface area contributed by atoms with Crippen molar-refractivity contribution in [1.82, 2.24) is 24.6 Å².